The minimum atomic E-state index is -1.24. The van der Waals surface area contributed by atoms with Crippen molar-refractivity contribution in [3.05, 3.63) is 0 Å². The molecule has 15 heavy (non-hydrogen) atoms. The van der Waals surface area contributed by atoms with Gasteiger partial charge < -0.3 is 13.1 Å². The van der Waals surface area contributed by atoms with Gasteiger partial charge in [0.05, 0.1) is 0 Å². The van der Waals surface area contributed by atoms with Crippen LogP contribution < -0.4 is 0 Å². The topological polar surface area (TPSA) is 74.6 Å². The first-order chi connectivity index (χ1) is 6.52. The molecule has 0 spiro atoms. The zero-order valence-corrected chi connectivity index (χ0v) is 13.8. The second kappa shape index (κ2) is 9.72. The van der Waals surface area contributed by atoms with Gasteiger partial charge in [-0.15, -0.1) is 0 Å². The Kier molecular flexibility index (Phi) is 11.6. The molecule has 5 heteroatoms. The number of carboxylic acid groups (broad SMARTS) is 2. The van der Waals surface area contributed by atoms with E-state index in [0.29, 0.717) is 0 Å². The third kappa shape index (κ3) is 7.41. The molecule has 0 radical (unpaired) electrons. The minimum absolute atomic E-state index is 0. The summed E-state index contributed by atoms with van der Waals surface area (Å²) < 4.78 is 0. The Labute approximate surface area is 133 Å². The van der Waals surface area contributed by atoms with Crippen LogP contribution in [0.3, 0.4) is 0 Å². The Morgan fingerprint density at radius 2 is 1.67 bits per heavy atom. The van der Waals surface area contributed by atoms with Crippen molar-refractivity contribution in [1.82, 2.24) is 0 Å². The van der Waals surface area contributed by atoms with Crippen molar-refractivity contribution in [3.63, 3.8) is 0 Å². The Balaban J connectivity index is -0.000000282. The third-order valence-corrected chi connectivity index (χ3v) is 2.44. The molecule has 0 aliphatic heterocycles. The molecule has 0 heterocycles. The molecule has 0 amide bonds. The molecule has 0 fully saturated rings. The second-order valence-corrected chi connectivity index (χ2v) is 3.53. The van der Waals surface area contributed by atoms with Gasteiger partial charge in [0.1, 0.15) is 0 Å². The van der Waals surface area contributed by atoms with Gasteiger partial charge in [-0.05, 0) is 12.3 Å². The number of carbonyl (C=O) groups is 2. The van der Waals surface area contributed by atoms with Crippen molar-refractivity contribution in [2.24, 2.45) is 11.8 Å². The van der Waals surface area contributed by atoms with E-state index in [1.165, 1.54) is 0 Å². The molecule has 0 saturated heterocycles. The normalized spacial score (nSPS) is 11.9. The smallest absolute Gasteiger partial charge is 1.00 e. The maximum Gasteiger partial charge on any atom is 2.00 e. The van der Waals surface area contributed by atoms with Gasteiger partial charge >= 0.3 is 60.8 Å². The van der Waals surface area contributed by atoms with E-state index in [4.69, 9.17) is 10.2 Å². The first kappa shape index (κ1) is 17.9. The predicted molar refractivity (Wildman–Crippen MR) is 60.0 cm³/mol. The van der Waals surface area contributed by atoms with Gasteiger partial charge in [-0.2, -0.15) is 0 Å². The summed E-state index contributed by atoms with van der Waals surface area (Å²) in [5.74, 6) is -3.50. The van der Waals surface area contributed by atoms with Gasteiger partial charge in [0.25, 0.3) is 0 Å². The van der Waals surface area contributed by atoms with Crippen LogP contribution >= 0.6 is 0 Å². The summed E-state index contributed by atoms with van der Waals surface area (Å²) in [6.07, 6.45) is 2.94. The molecule has 2 N–H and O–H groups in total. The van der Waals surface area contributed by atoms with Crippen LogP contribution in [0.25, 0.3) is 0 Å². The predicted octanol–water partition coefficient (Wildman–Crippen LogP) is 1.83. The molecule has 0 aliphatic carbocycles. The van der Waals surface area contributed by atoms with Crippen molar-refractivity contribution >= 4 is 60.8 Å². The van der Waals surface area contributed by atoms with Crippen molar-refractivity contribution in [1.29, 1.82) is 0 Å². The van der Waals surface area contributed by atoms with Crippen LogP contribution in [-0.2, 0) is 9.59 Å². The molecule has 0 aromatic rings. The van der Waals surface area contributed by atoms with Crippen LogP contribution in [0.1, 0.15) is 42.4 Å². The Morgan fingerprint density at radius 3 is 1.93 bits per heavy atom. The van der Waals surface area contributed by atoms with E-state index >= 15 is 0 Å². The van der Waals surface area contributed by atoms with Gasteiger partial charge in [-0.25, -0.2) is 0 Å². The van der Waals surface area contributed by atoms with Crippen molar-refractivity contribution < 1.29 is 22.7 Å². The maximum absolute atomic E-state index is 10.6. The average Bonchev–Trinajstić information content (AvgIpc) is 2.10. The zero-order valence-electron chi connectivity index (χ0n) is 11.4. The van der Waals surface area contributed by atoms with Crippen LogP contribution in [0.2, 0.25) is 0 Å². The van der Waals surface area contributed by atoms with E-state index in [0.717, 1.165) is 19.3 Å². The van der Waals surface area contributed by atoms with E-state index < -0.39 is 17.9 Å². The summed E-state index contributed by atoms with van der Waals surface area (Å²) in [5.41, 5.74) is 0. The molecule has 0 bridgehead atoms. The molecular formula is C10H20BaO4. The van der Waals surface area contributed by atoms with Crippen LogP contribution in [0.4, 0.5) is 0 Å². The summed E-state index contributed by atoms with van der Waals surface area (Å²) in [6.45, 7) is 3.97. The zero-order chi connectivity index (χ0) is 11.1. The molecule has 0 aromatic carbocycles. The maximum atomic E-state index is 10.6. The standard InChI is InChI=1S/C10H18O4.Ba.2H/c1-3-5-7(4-2)6-8(9(11)12)10(13)14;;;/h7-8H,3-6H2,1-2H3,(H,11,12)(H,13,14);;;/q;+2;2*-1. The van der Waals surface area contributed by atoms with Gasteiger partial charge in [-0.1, -0.05) is 33.1 Å². The fourth-order valence-corrected chi connectivity index (χ4v) is 1.54. The van der Waals surface area contributed by atoms with Crippen molar-refractivity contribution in [2.75, 3.05) is 0 Å². The van der Waals surface area contributed by atoms with Crippen molar-refractivity contribution in [3.8, 4) is 0 Å². The number of carboxylic acids is 2. The Hall–Kier alpha value is 0.511. The molecule has 4 nitrogen and oxygen atoms in total. The number of hydrogen-bond donors (Lipinski definition) is 2. The number of rotatable bonds is 7. The number of aliphatic carboxylic acids is 2. The molecule has 0 aliphatic rings. The fourth-order valence-electron chi connectivity index (χ4n) is 1.54. The van der Waals surface area contributed by atoms with Gasteiger partial charge in [-0.3, -0.25) is 9.59 Å². The largest absolute Gasteiger partial charge is 2.00 e. The summed E-state index contributed by atoms with van der Waals surface area (Å²) in [5, 5.41) is 17.4. The summed E-state index contributed by atoms with van der Waals surface area (Å²) in [4.78, 5) is 21.2. The summed E-state index contributed by atoms with van der Waals surface area (Å²) in [7, 11) is 0. The molecule has 0 saturated carbocycles. The first-order valence-corrected chi connectivity index (χ1v) is 4.98. The fraction of sp³-hybridized carbons (Fsp3) is 0.800. The minimum Gasteiger partial charge on any atom is -1.00 e. The van der Waals surface area contributed by atoms with E-state index in [1.807, 2.05) is 13.8 Å². The van der Waals surface area contributed by atoms with Gasteiger partial charge in [0.2, 0.25) is 0 Å². The molecule has 0 rings (SSSR count). The van der Waals surface area contributed by atoms with E-state index in [2.05, 4.69) is 0 Å². The van der Waals surface area contributed by atoms with Crippen molar-refractivity contribution in [2.45, 2.75) is 39.5 Å². The third-order valence-electron chi connectivity index (χ3n) is 2.44. The average molecular weight is 342 g/mol. The van der Waals surface area contributed by atoms with Crippen LogP contribution in [-0.4, -0.2) is 71.0 Å². The van der Waals surface area contributed by atoms with Gasteiger partial charge in [0.15, 0.2) is 5.92 Å². The monoisotopic (exact) mass is 342 g/mol. The summed E-state index contributed by atoms with van der Waals surface area (Å²) >= 11 is 0. The molecule has 0 aromatic heterocycles. The van der Waals surface area contributed by atoms with E-state index in [1.54, 1.807) is 0 Å². The van der Waals surface area contributed by atoms with Gasteiger partial charge in [0, 0.05) is 0 Å². The molecule has 86 valence electrons. The Morgan fingerprint density at radius 1 is 1.20 bits per heavy atom. The van der Waals surface area contributed by atoms with Crippen LogP contribution in [0.5, 0.6) is 0 Å². The second-order valence-electron chi connectivity index (χ2n) is 3.53. The summed E-state index contributed by atoms with van der Waals surface area (Å²) in [6, 6.07) is 0. The Bertz CT molecular complexity index is 200. The van der Waals surface area contributed by atoms with Crippen LogP contribution in [0.15, 0.2) is 0 Å². The first-order valence-electron chi connectivity index (χ1n) is 4.98. The molecular weight excluding hydrogens is 321 g/mol. The number of hydrogen-bond acceptors (Lipinski definition) is 2. The van der Waals surface area contributed by atoms with E-state index in [9.17, 15) is 9.59 Å². The molecule has 1 atom stereocenters. The quantitative estimate of drug-likeness (QED) is 0.547. The molecule has 1 unspecified atom stereocenters. The van der Waals surface area contributed by atoms with Crippen LogP contribution in [0, 0.1) is 11.8 Å². The van der Waals surface area contributed by atoms with E-state index in [-0.39, 0.29) is 64.1 Å². The SMILES string of the molecule is CCCC(CC)CC(C(=O)O)C(=O)O.[Ba+2].[H-].[H-].